The van der Waals surface area contributed by atoms with Crippen molar-refractivity contribution in [2.75, 3.05) is 12.3 Å². The lowest BCUT2D eigenvalue weighted by Crippen LogP contribution is -2.30. The van der Waals surface area contributed by atoms with Crippen LogP contribution in [-0.4, -0.2) is 22.5 Å². The molecule has 0 unspecified atom stereocenters. The first-order valence-electron chi connectivity index (χ1n) is 6.64. The molecule has 2 aromatic carbocycles. The molecule has 0 atom stereocenters. The Hall–Kier alpha value is -2.56. The summed E-state index contributed by atoms with van der Waals surface area (Å²) >= 11 is 0. The third kappa shape index (κ3) is 3.31. The maximum atomic E-state index is 13.2. The summed E-state index contributed by atoms with van der Waals surface area (Å²) in [5.41, 5.74) is 6.59. The Morgan fingerprint density at radius 2 is 2.00 bits per heavy atom. The van der Waals surface area contributed by atoms with E-state index in [0.717, 1.165) is 0 Å². The molecule has 0 fully saturated rings. The van der Waals surface area contributed by atoms with Crippen molar-refractivity contribution in [3.63, 3.8) is 0 Å². The number of nitrogen functional groups attached to an aromatic ring is 1. The number of nitrogens with zero attached hydrogens (tertiary/aromatic N) is 1. The second-order valence-electron chi connectivity index (χ2n) is 4.69. The number of para-hydroxylation sites is 1. The molecule has 21 heavy (non-hydrogen) atoms. The van der Waals surface area contributed by atoms with Crippen molar-refractivity contribution >= 4 is 11.6 Å². The molecule has 2 aromatic rings. The first-order valence-corrected chi connectivity index (χ1v) is 6.64. The highest BCUT2D eigenvalue weighted by Crippen LogP contribution is 2.26. The maximum absolute atomic E-state index is 13.2. The van der Waals surface area contributed by atoms with Crippen LogP contribution in [0.25, 0.3) is 0 Å². The summed E-state index contributed by atoms with van der Waals surface area (Å²) in [6.45, 7) is 2.52. The molecule has 0 aromatic heterocycles. The van der Waals surface area contributed by atoms with E-state index in [1.54, 1.807) is 18.2 Å². The second-order valence-corrected chi connectivity index (χ2v) is 4.69. The SMILES string of the molecule is CCN(Cc1cccc(F)c1)C(=O)c1cccc(N)c1O. The van der Waals surface area contributed by atoms with E-state index in [0.29, 0.717) is 12.1 Å². The molecule has 2 rings (SSSR count). The quantitative estimate of drug-likeness (QED) is 0.671. The maximum Gasteiger partial charge on any atom is 0.257 e. The minimum atomic E-state index is -0.345. The summed E-state index contributed by atoms with van der Waals surface area (Å²) in [7, 11) is 0. The van der Waals surface area contributed by atoms with E-state index >= 15 is 0 Å². The highest BCUT2D eigenvalue weighted by atomic mass is 19.1. The van der Waals surface area contributed by atoms with Crippen molar-refractivity contribution in [1.82, 2.24) is 4.90 Å². The number of aromatic hydroxyl groups is 1. The molecule has 0 saturated heterocycles. The van der Waals surface area contributed by atoms with Crippen LogP contribution in [0.3, 0.4) is 0 Å². The Kier molecular flexibility index (Phi) is 4.42. The van der Waals surface area contributed by atoms with E-state index in [1.807, 2.05) is 6.92 Å². The summed E-state index contributed by atoms with van der Waals surface area (Å²) in [5.74, 6) is -0.908. The van der Waals surface area contributed by atoms with Crippen LogP contribution in [0.2, 0.25) is 0 Å². The van der Waals surface area contributed by atoms with Crippen molar-refractivity contribution in [3.05, 3.63) is 59.4 Å². The molecule has 1 amide bonds. The van der Waals surface area contributed by atoms with Gasteiger partial charge in [-0.05, 0) is 36.8 Å². The van der Waals surface area contributed by atoms with E-state index in [1.165, 1.54) is 29.2 Å². The first-order chi connectivity index (χ1) is 10.0. The fourth-order valence-corrected chi connectivity index (χ4v) is 2.09. The van der Waals surface area contributed by atoms with Gasteiger partial charge in [-0.3, -0.25) is 4.79 Å². The van der Waals surface area contributed by atoms with Gasteiger partial charge in [-0.2, -0.15) is 0 Å². The van der Waals surface area contributed by atoms with Crippen LogP contribution in [0.1, 0.15) is 22.8 Å². The standard InChI is InChI=1S/C16H17FN2O2/c1-2-19(10-11-5-3-6-12(17)9-11)16(21)13-7-4-8-14(18)15(13)20/h3-9,20H,2,10,18H2,1H3. The zero-order valence-corrected chi connectivity index (χ0v) is 11.7. The predicted octanol–water partition coefficient (Wildman–Crippen LogP) is 2.78. The summed E-state index contributed by atoms with van der Waals surface area (Å²) < 4.78 is 13.2. The number of nitrogens with two attached hydrogens (primary N) is 1. The van der Waals surface area contributed by atoms with Crippen molar-refractivity contribution in [3.8, 4) is 5.75 Å². The molecule has 0 heterocycles. The fourth-order valence-electron chi connectivity index (χ4n) is 2.09. The van der Waals surface area contributed by atoms with Gasteiger partial charge in [-0.15, -0.1) is 0 Å². The molecule has 0 aliphatic carbocycles. The average molecular weight is 288 g/mol. The Balaban J connectivity index is 2.25. The summed E-state index contributed by atoms with van der Waals surface area (Å²) in [5, 5.41) is 9.89. The van der Waals surface area contributed by atoms with E-state index in [-0.39, 0.29) is 35.3 Å². The van der Waals surface area contributed by atoms with Crippen molar-refractivity contribution < 1.29 is 14.3 Å². The van der Waals surface area contributed by atoms with E-state index in [9.17, 15) is 14.3 Å². The van der Waals surface area contributed by atoms with E-state index in [4.69, 9.17) is 5.73 Å². The van der Waals surface area contributed by atoms with Gasteiger partial charge in [0.05, 0.1) is 11.3 Å². The van der Waals surface area contributed by atoms with Crippen LogP contribution in [0.5, 0.6) is 5.75 Å². The van der Waals surface area contributed by atoms with Crippen LogP contribution < -0.4 is 5.73 Å². The highest BCUT2D eigenvalue weighted by molar-refractivity contribution is 5.98. The average Bonchev–Trinajstić information content (AvgIpc) is 2.47. The normalized spacial score (nSPS) is 10.4. The van der Waals surface area contributed by atoms with Gasteiger partial charge in [-0.25, -0.2) is 4.39 Å². The zero-order valence-electron chi connectivity index (χ0n) is 11.7. The fraction of sp³-hybridized carbons (Fsp3) is 0.188. The Labute approximate surface area is 122 Å². The Morgan fingerprint density at radius 3 is 2.67 bits per heavy atom. The third-order valence-electron chi connectivity index (χ3n) is 3.23. The van der Waals surface area contributed by atoms with E-state index in [2.05, 4.69) is 0 Å². The number of phenols is 1. The zero-order chi connectivity index (χ0) is 15.4. The summed E-state index contributed by atoms with van der Waals surface area (Å²) in [6, 6.07) is 10.7. The topological polar surface area (TPSA) is 66.6 Å². The third-order valence-corrected chi connectivity index (χ3v) is 3.23. The van der Waals surface area contributed by atoms with Crippen LogP contribution in [0.15, 0.2) is 42.5 Å². The molecule has 0 radical (unpaired) electrons. The van der Waals surface area contributed by atoms with Gasteiger partial charge in [0.25, 0.3) is 5.91 Å². The summed E-state index contributed by atoms with van der Waals surface area (Å²) in [6.07, 6.45) is 0. The molecule has 0 aliphatic rings. The molecule has 3 N–H and O–H groups in total. The van der Waals surface area contributed by atoms with Gasteiger partial charge < -0.3 is 15.7 Å². The monoisotopic (exact) mass is 288 g/mol. The van der Waals surface area contributed by atoms with Crippen molar-refractivity contribution in [2.45, 2.75) is 13.5 Å². The number of anilines is 1. The minimum absolute atomic E-state index is 0.147. The number of carbonyl (C=O) groups is 1. The van der Waals surface area contributed by atoms with Crippen LogP contribution in [0.4, 0.5) is 10.1 Å². The second kappa shape index (κ2) is 6.26. The largest absolute Gasteiger partial charge is 0.505 e. The number of benzene rings is 2. The van der Waals surface area contributed by atoms with Crippen molar-refractivity contribution in [1.29, 1.82) is 0 Å². The molecule has 4 nitrogen and oxygen atoms in total. The molecular formula is C16H17FN2O2. The molecule has 0 spiro atoms. The predicted molar refractivity (Wildman–Crippen MR) is 79.3 cm³/mol. The number of phenolic OH excluding ortho intramolecular Hbond substituents is 1. The van der Waals surface area contributed by atoms with Crippen molar-refractivity contribution in [2.24, 2.45) is 0 Å². The van der Waals surface area contributed by atoms with Gasteiger partial charge in [0.1, 0.15) is 5.82 Å². The number of hydrogen-bond acceptors (Lipinski definition) is 3. The molecular weight excluding hydrogens is 271 g/mol. The van der Waals surface area contributed by atoms with Gasteiger partial charge in [-0.1, -0.05) is 18.2 Å². The first kappa shape index (κ1) is 14.8. The van der Waals surface area contributed by atoms with Gasteiger partial charge >= 0.3 is 0 Å². The molecule has 0 bridgehead atoms. The van der Waals surface area contributed by atoms with Crippen LogP contribution in [-0.2, 0) is 6.54 Å². The highest BCUT2D eigenvalue weighted by Gasteiger charge is 2.19. The number of carbonyl (C=O) groups excluding carboxylic acids is 1. The summed E-state index contributed by atoms with van der Waals surface area (Å²) in [4.78, 5) is 14.0. The minimum Gasteiger partial charge on any atom is -0.505 e. The van der Waals surface area contributed by atoms with E-state index < -0.39 is 0 Å². The van der Waals surface area contributed by atoms with Gasteiger partial charge in [0, 0.05) is 13.1 Å². The number of halogens is 1. The lowest BCUT2D eigenvalue weighted by molar-refractivity contribution is 0.0749. The lowest BCUT2D eigenvalue weighted by atomic mass is 10.1. The van der Waals surface area contributed by atoms with Gasteiger partial charge in [0.2, 0.25) is 0 Å². The van der Waals surface area contributed by atoms with Crippen LogP contribution in [0, 0.1) is 5.82 Å². The molecule has 0 saturated carbocycles. The van der Waals surface area contributed by atoms with Gasteiger partial charge in [0.15, 0.2) is 5.75 Å². The molecule has 110 valence electrons. The number of amides is 1. The Bertz CT molecular complexity index is 658. The Morgan fingerprint density at radius 1 is 1.29 bits per heavy atom. The molecule has 0 aliphatic heterocycles. The van der Waals surface area contributed by atoms with Crippen LogP contribution >= 0.6 is 0 Å². The number of rotatable bonds is 4. The molecule has 5 heteroatoms. The smallest absolute Gasteiger partial charge is 0.257 e. The lowest BCUT2D eigenvalue weighted by Gasteiger charge is -2.22. The number of hydrogen-bond donors (Lipinski definition) is 2.